The van der Waals surface area contributed by atoms with Gasteiger partial charge in [0, 0.05) is 13.8 Å². The summed E-state index contributed by atoms with van der Waals surface area (Å²) in [5.41, 5.74) is 3.95. The molecule has 0 rings (SSSR count). The quantitative estimate of drug-likeness (QED) is 0.455. The summed E-state index contributed by atoms with van der Waals surface area (Å²) in [4.78, 5) is 0. The van der Waals surface area contributed by atoms with Gasteiger partial charge in [-0.25, -0.2) is 0 Å². The van der Waals surface area contributed by atoms with Crippen LogP contribution in [0.15, 0.2) is 16.9 Å². The van der Waals surface area contributed by atoms with Crippen LogP contribution in [-0.4, -0.2) is 6.72 Å². The first-order chi connectivity index (χ1) is 4.35. The fourth-order valence-corrected chi connectivity index (χ4v) is 0.636. The van der Waals surface area contributed by atoms with Crippen molar-refractivity contribution in [2.24, 2.45) is 5.10 Å². The van der Waals surface area contributed by atoms with Crippen molar-refractivity contribution < 1.29 is 1.43 Å². The minimum absolute atomic E-state index is 0. The van der Waals surface area contributed by atoms with Gasteiger partial charge in [-0.15, -0.1) is 0 Å². The van der Waals surface area contributed by atoms with Crippen molar-refractivity contribution in [1.29, 1.82) is 0 Å². The molecule has 0 aliphatic carbocycles. The normalized spacial score (nSPS) is 11.1. The summed E-state index contributed by atoms with van der Waals surface area (Å²) < 4.78 is 0. The number of nitrogens with zero attached hydrogens (tertiary/aromatic N) is 1. The zero-order chi connectivity index (χ0) is 7.11. The van der Waals surface area contributed by atoms with Gasteiger partial charge in [0.1, 0.15) is 0 Å². The smallest absolute Gasteiger partial charge is 0.0293 e. The molecular weight excluding hydrogens is 112 g/mol. The maximum atomic E-state index is 3.56. The molecule has 2 heteroatoms. The first kappa shape index (κ1) is 8.21. The molecule has 0 aromatic rings. The Bertz CT molecular complexity index is 110. The van der Waals surface area contributed by atoms with E-state index in [1.54, 1.807) is 0 Å². The standard InChI is InChI=1S/C7H14N2.H2/c1-4-6-7(5-2)9-8-3;/h5,9H,3-4,6H2,1-2H3;1H/b7-5-;. The van der Waals surface area contributed by atoms with Crippen molar-refractivity contribution in [2.45, 2.75) is 26.7 Å². The second-order valence-corrected chi connectivity index (χ2v) is 1.83. The highest BCUT2D eigenvalue weighted by Crippen LogP contribution is 1.98. The summed E-state index contributed by atoms with van der Waals surface area (Å²) in [5.74, 6) is 0. The average molecular weight is 128 g/mol. The van der Waals surface area contributed by atoms with E-state index < -0.39 is 0 Å². The lowest BCUT2D eigenvalue weighted by Crippen LogP contribution is -2.02. The Hall–Kier alpha value is -0.790. The topological polar surface area (TPSA) is 24.4 Å². The molecule has 9 heavy (non-hydrogen) atoms. The molecule has 0 amide bonds. The molecule has 0 aromatic carbocycles. The van der Waals surface area contributed by atoms with Gasteiger partial charge in [0.25, 0.3) is 0 Å². The van der Waals surface area contributed by atoms with E-state index in [9.17, 15) is 0 Å². The fourth-order valence-electron chi connectivity index (χ4n) is 0.636. The number of hydrazone groups is 1. The molecule has 0 atom stereocenters. The Morgan fingerprint density at radius 1 is 1.89 bits per heavy atom. The van der Waals surface area contributed by atoms with Crippen molar-refractivity contribution in [1.82, 2.24) is 5.43 Å². The van der Waals surface area contributed by atoms with Crippen LogP contribution in [0, 0.1) is 0 Å². The number of hydrogen-bond acceptors (Lipinski definition) is 2. The minimum atomic E-state index is 0. The van der Waals surface area contributed by atoms with E-state index in [2.05, 4.69) is 24.2 Å². The molecule has 0 saturated heterocycles. The number of allylic oxidation sites excluding steroid dienone is 2. The molecule has 0 saturated carbocycles. The van der Waals surface area contributed by atoms with E-state index in [-0.39, 0.29) is 1.43 Å². The highest BCUT2D eigenvalue weighted by Gasteiger charge is 1.87. The molecule has 0 spiro atoms. The molecule has 0 aromatic heterocycles. The van der Waals surface area contributed by atoms with Crippen molar-refractivity contribution in [3.63, 3.8) is 0 Å². The average Bonchev–Trinajstić information content (AvgIpc) is 1.88. The largest absolute Gasteiger partial charge is 0.284 e. The second kappa shape index (κ2) is 5.35. The molecule has 0 radical (unpaired) electrons. The molecule has 0 heterocycles. The molecule has 0 unspecified atom stereocenters. The van der Waals surface area contributed by atoms with Crippen molar-refractivity contribution in [2.75, 3.05) is 0 Å². The first-order valence-corrected chi connectivity index (χ1v) is 3.22. The van der Waals surface area contributed by atoms with Gasteiger partial charge in [-0.05, 0) is 13.3 Å². The zero-order valence-electron chi connectivity index (χ0n) is 6.15. The zero-order valence-corrected chi connectivity index (χ0v) is 6.15. The van der Waals surface area contributed by atoms with Gasteiger partial charge in [0.15, 0.2) is 0 Å². The van der Waals surface area contributed by atoms with Gasteiger partial charge in [0.05, 0.1) is 0 Å². The molecular formula is C7H16N2. The van der Waals surface area contributed by atoms with Gasteiger partial charge < -0.3 is 0 Å². The van der Waals surface area contributed by atoms with E-state index in [1.807, 2.05) is 13.0 Å². The van der Waals surface area contributed by atoms with E-state index in [0.29, 0.717) is 0 Å². The summed E-state index contributed by atoms with van der Waals surface area (Å²) in [6, 6.07) is 0. The number of hydrogen-bond donors (Lipinski definition) is 1. The summed E-state index contributed by atoms with van der Waals surface area (Å²) in [5, 5.41) is 3.56. The molecule has 0 bridgehead atoms. The number of rotatable bonds is 4. The predicted molar refractivity (Wildman–Crippen MR) is 43.5 cm³/mol. The van der Waals surface area contributed by atoms with Gasteiger partial charge >= 0.3 is 0 Å². The lowest BCUT2D eigenvalue weighted by molar-refractivity contribution is 0.776. The van der Waals surface area contributed by atoms with Crippen LogP contribution in [-0.2, 0) is 0 Å². The highest BCUT2D eigenvalue weighted by atomic mass is 15.3. The van der Waals surface area contributed by atoms with Gasteiger partial charge in [0.2, 0.25) is 0 Å². The van der Waals surface area contributed by atoms with Crippen LogP contribution in [0.25, 0.3) is 0 Å². The Balaban J connectivity index is 0. The Morgan fingerprint density at radius 3 is 2.89 bits per heavy atom. The number of nitrogens with one attached hydrogen (secondary N) is 1. The molecule has 1 N–H and O–H groups in total. The maximum absolute atomic E-state index is 3.56. The third-order valence-corrected chi connectivity index (χ3v) is 1.09. The van der Waals surface area contributed by atoms with Crippen molar-refractivity contribution in [3.05, 3.63) is 11.8 Å². The minimum Gasteiger partial charge on any atom is -0.284 e. The van der Waals surface area contributed by atoms with Gasteiger partial charge in [-0.2, -0.15) is 5.10 Å². The van der Waals surface area contributed by atoms with E-state index in [4.69, 9.17) is 0 Å². The van der Waals surface area contributed by atoms with E-state index in [1.165, 1.54) is 0 Å². The Labute approximate surface area is 58.1 Å². The lowest BCUT2D eigenvalue weighted by Gasteiger charge is -2.01. The van der Waals surface area contributed by atoms with Gasteiger partial charge in [-0.3, -0.25) is 5.43 Å². The summed E-state index contributed by atoms with van der Waals surface area (Å²) in [7, 11) is 0. The molecule has 0 aliphatic rings. The summed E-state index contributed by atoms with van der Waals surface area (Å²) in [6.07, 6.45) is 4.20. The van der Waals surface area contributed by atoms with Crippen LogP contribution < -0.4 is 5.43 Å². The third-order valence-electron chi connectivity index (χ3n) is 1.09. The molecule has 2 nitrogen and oxygen atoms in total. The van der Waals surface area contributed by atoms with Crippen LogP contribution in [0.1, 0.15) is 28.1 Å². The van der Waals surface area contributed by atoms with Gasteiger partial charge in [-0.1, -0.05) is 19.4 Å². The fraction of sp³-hybridized carbons (Fsp3) is 0.571. The lowest BCUT2D eigenvalue weighted by atomic mass is 10.2. The van der Waals surface area contributed by atoms with Crippen LogP contribution >= 0.6 is 0 Å². The Kier molecular flexibility index (Phi) is 4.88. The second-order valence-electron chi connectivity index (χ2n) is 1.83. The third kappa shape index (κ3) is 3.76. The van der Waals surface area contributed by atoms with Crippen molar-refractivity contribution in [3.8, 4) is 0 Å². The van der Waals surface area contributed by atoms with Crippen LogP contribution in [0.2, 0.25) is 0 Å². The first-order valence-electron chi connectivity index (χ1n) is 3.22. The SMILES string of the molecule is C=NN/C(=C\C)CCC.[HH]. The van der Waals surface area contributed by atoms with Crippen molar-refractivity contribution >= 4 is 6.72 Å². The monoisotopic (exact) mass is 128 g/mol. The van der Waals surface area contributed by atoms with Crippen LogP contribution in [0.3, 0.4) is 0 Å². The van der Waals surface area contributed by atoms with E-state index in [0.717, 1.165) is 18.5 Å². The summed E-state index contributed by atoms with van der Waals surface area (Å²) in [6.45, 7) is 7.45. The Morgan fingerprint density at radius 2 is 2.56 bits per heavy atom. The van der Waals surface area contributed by atoms with Crippen LogP contribution in [0.5, 0.6) is 0 Å². The molecule has 0 fully saturated rings. The van der Waals surface area contributed by atoms with Crippen LogP contribution in [0.4, 0.5) is 0 Å². The van der Waals surface area contributed by atoms with E-state index >= 15 is 0 Å². The predicted octanol–water partition coefficient (Wildman–Crippen LogP) is 2.14. The molecule has 54 valence electrons. The maximum Gasteiger partial charge on any atom is 0.0293 e. The molecule has 0 aliphatic heterocycles. The highest BCUT2D eigenvalue weighted by molar-refractivity contribution is 5.23. The summed E-state index contributed by atoms with van der Waals surface area (Å²) >= 11 is 0.